The van der Waals surface area contributed by atoms with Crippen molar-refractivity contribution >= 4 is 11.9 Å². The molecule has 2 heterocycles. The number of aliphatic carboxylic acids is 1. The number of carbonyl (C=O) groups is 2. The zero-order valence-electron chi connectivity index (χ0n) is 12.0. The zero-order chi connectivity index (χ0) is 14.9. The molecule has 1 atom stereocenters. The monoisotopic (exact) mass is 277 g/mol. The molecular formula is C14H19N3O3. The molecule has 2 rings (SSSR count). The van der Waals surface area contributed by atoms with E-state index in [0.29, 0.717) is 36.3 Å². The summed E-state index contributed by atoms with van der Waals surface area (Å²) in [6, 6.07) is 1.73. The highest BCUT2D eigenvalue weighted by Gasteiger charge is 2.42. The molecule has 0 aromatic carbocycles. The predicted molar refractivity (Wildman–Crippen MR) is 72.4 cm³/mol. The van der Waals surface area contributed by atoms with Crippen molar-refractivity contribution in [2.45, 2.75) is 33.6 Å². The van der Waals surface area contributed by atoms with Gasteiger partial charge in [0.25, 0.3) is 5.91 Å². The largest absolute Gasteiger partial charge is 0.481 e. The molecule has 0 radical (unpaired) electrons. The maximum absolute atomic E-state index is 12.6. The Kier molecular flexibility index (Phi) is 3.74. The third kappa shape index (κ3) is 2.50. The molecule has 1 unspecified atom stereocenters. The van der Waals surface area contributed by atoms with Crippen molar-refractivity contribution in [1.29, 1.82) is 0 Å². The number of aromatic nitrogens is 2. The van der Waals surface area contributed by atoms with Gasteiger partial charge in [0.1, 0.15) is 0 Å². The number of carbonyl (C=O) groups excluding carboxylic acids is 1. The van der Waals surface area contributed by atoms with Crippen LogP contribution in [0, 0.1) is 12.3 Å². The zero-order valence-corrected chi connectivity index (χ0v) is 12.0. The lowest BCUT2D eigenvalue weighted by Crippen LogP contribution is -2.35. The fraction of sp³-hybridized carbons (Fsp3) is 0.571. The Morgan fingerprint density at radius 2 is 2.15 bits per heavy atom. The Morgan fingerprint density at radius 3 is 2.70 bits per heavy atom. The highest BCUT2D eigenvalue weighted by Crippen LogP contribution is 2.31. The summed E-state index contributed by atoms with van der Waals surface area (Å²) in [6.45, 7) is 6.09. The van der Waals surface area contributed by atoms with Gasteiger partial charge in [-0.15, -0.1) is 0 Å². The maximum Gasteiger partial charge on any atom is 0.311 e. The van der Waals surface area contributed by atoms with Gasteiger partial charge in [-0.1, -0.05) is 6.92 Å². The Balaban J connectivity index is 2.25. The number of rotatable bonds is 3. The van der Waals surface area contributed by atoms with Crippen molar-refractivity contribution in [2.24, 2.45) is 5.41 Å². The van der Waals surface area contributed by atoms with Gasteiger partial charge in [0.05, 0.1) is 22.4 Å². The minimum absolute atomic E-state index is 0.148. The summed E-state index contributed by atoms with van der Waals surface area (Å²) in [6.07, 6.45) is 1.10. The lowest BCUT2D eigenvalue weighted by atomic mass is 9.90. The number of hydrogen-bond donors (Lipinski definition) is 1. The van der Waals surface area contributed by atoms with Crippen LogP contribution in [0.4, 0.5) is 0 Å². The van der Waals surface area contributed by atoms with E-state index in [0.717, 1.165) is 0 Å². The second kappa shape index (κ2) is 5.19. The Labute approximate surface area is 117 Å². The van der Waals surface area contributed by atoms with Gasteiger partial charge in [0.2, 0.25) is 0 Å². The van der Waals surface area contributed by atoms with Crippen LogP contribution in [0.3, 0.4) is 0 Å². The van der Waals surface area contributed by atoms with Gasteiger partial charge >= 0.3 is 5.97 Å². The van der Waals surface area contributed by atoms with Gasteiger partial charge in [-0.25, -0.2) is 0 Å². The minimum atomic E-state index is -0.854. The summed E-state index contributed by atoms with van der Waals surface area (Å²) >= 11 is 0. The molecule has 1 N–H and O–H groups in total. The first-order valence-electron chi connectivity index (χ1n) is 6.73. The topological polar surface area (TPSA) is 83.4 Å². The summed E-state index contributed by atoms with van der Waals surface area (Å²) in [7, 11) is 0. The van der Waals surface area contributed by atoms with Gasteiger partial charge < -0.3 is 10.0 Å². The van der Waals surface area contributed by atoms with Crippen molar-refractivity contribution < 1.29 is 14.7 Å². The first-order chi connectivity index (χ1) is 9.37. The lowest BCUT2D eigenvalue weighted by molar-refractivity contribution is -0.147. The number of aryl methyl sites for hydroxylation is 2. The van der Waals surface area contributed by atoms with Crippen LogP contribution in [-0.2, 0) is 11.2 Å². The Hall–Kier alpha value is -1.98. The summed E-state index contributed by atoms with van der Waals surface area (Å²) in [5, 5.41) is 17.2. The van der Waals surface area contributed by atoms with E-state index in [1.807, 2.05) is 6.92 Å². The second-order valence-corrected chi connectivity index (χ2v) is 5.54. The summed E-state index contributed by atoms with van der Waals surface area (Å²) in [4.78, 5) is 25.4. The maximum atomic E-state index is 12.6. The normalized spacial score (nSPS) is 22.1. The molecule has 20 heavy (non-hydrogen) atoms. The molecule has 1 amide bonds. The highest BCUT2D eigenvalue weighted by atomic mass is 16.4. The van der Waals surface area contributed by atoms with Crippen molar-refractivity contribution in [3.63, 3.8) is 0 Å². The lowest BCUT2D eigenvalue weighted by Gasteiger charge is -2.21. The van der Waals surface area contributed by atoms with Crippen molar-refractivity contribution in [1.82, 2.24) is 15.1 Å². The van der Waals surface area contributed by atoms with Crippen molar-refractivity contribution in [2.75, 3.05) is 13.1 Å². The molecule has 6 nitrogen and oxygen atoms in total. The molecule has 1 saturated heterocycles. The minimum Gasteiger partial charge on any atom is -0.481 e. The van der Waals surface area contributed by atoms with Crippen LogP contribution >= 0.6 is 0 Å². The molecule has 0 aliphatic carbocycles. The molecule has 1 aliphatic rings. The van der Waals surface area contributed by atoms with Crippen LogP contribution in [-0.4, -0.2) is 45.2 Å². The highest BCUT2D eigenvalue weighted by molar-refractivity contribution is 5.96. The quantitative estimate of drug-likeness (QED) is 0.900. The van der Waals surface area contributed by atoms with Gasteiger partial charge in [0, 0.05) is 13.1 Å². The van der Waals surface area contributed by atoms with Crippen LogP contribution in [0.25, 0.3) is 0 Å². The van der Waals surface area contributed by atoms with Crippen LogP contribution in [0.2, 0.25) is 0 Å². The van der Waals surface area contributed by atoms with E-state index in [4.69, 9.17) is 0 Å². The van der Waals surface area contributed by atoms with Crippen molar-refractivity contribution in [3.8, 4) is 0 Å². The molecule has 1 aromatic rings. The summed E-state index contributed by atoms with van der Waals surface area (Å²) in [5.41, 5.74) is 1.03. The van der Waals surface area contributed by atoms with Gasteiger partial charge in [0.15, 0.2) is 0 Å². The smallest absolute Gasteiger partial charge is 0.311 e. The first kappa shape index (κ1) is 14.4. The average molecular weight is 277 g/mol. The Bertz CT molecular complexity index is 559. The number of hydrogen-bond acceptors (Lipinski definition) is 4. The number of nitrogens with zero attached hydrogens (tertiary/aromatic N) is 3. The molecule has 108 valence electrons. The van der Waals surface area contributed by atoms with E-state index < -0.39 is 11.4 Å². The third-order valence-corrected chi connectivity index (χ3v) is 3.83. The summed E-state index contributed by atoms with van der Waals surface area (Å²) < 4.78 is 0. The number of likely N-dealkylation sites (tertiary alicyclic amines) is 1. The van der Waals surface area contributed by atoms with E-state index in [-0.39, 0.29) is 12.5 Å². The van der Waals surface area contributed by atoms with E-state index >= 15 is 0 Å². The number of amides is 1. The molecule has 1 fully saturated rings. The fourth-order valence-corrected chi connectivity index (χ4v) is 2.44. The van der Waals surface area contributed by atoms with E-state index in [2.05, 4.69) is 10.2 Å². The molecule has 0 bridgehead atoms. The van der Waals surface area contributed by atoms with Gasteiger partial charge in [-0.2, -0.15) is 10.2 Å². The third-order valence-electron chi connectivity index (χ3n) is 3.83. The molecule has 0 spiro atoms. The van der Waals surface area contributed by atoms with E-state index in [1.165, 1.54) is 0 Å². The molecule has 1 aliphatic heterocycles. The Morgan fingerprint density at radius 1 is 1.45 bits per heavy atom. The second-order valence-electron chi connectivity index (χ2n) is 5.54. The SMILES string of the molecule is CCc1nnc(C)cc1C(=O)N1CCC(C)(C(=O)O)C1. The van der Waals surface area contributed by atoms with Crippen LogP contribution in [0.15, 0.2) is 6.07 Å². The standard InChI is InChI=1S/C14H19N3O3/c1-4-11-10(7-9(2)15-16-11)12(18)17-6-5-14(3,8-17)13(19)20/h7H,4-6,8H2,1-3H3,(H,19,20). The molecule has 0 saturated carbocycles. The molecule has 6 heteroatoms. The van der Waals surface area contributed by atoms with Gasteiger partial charge in [-0.3, -0.25) is 9.59 Å². The average Bonchev–Trinajstić information content (AvgIpc) is 2.82. The van der Waals surface area contributed by atoms with E-state index in [9.17, 15) is 14.7 Å². The van der Waals surface area contributed by atoms with Crippen LogP contribution in [0.5, 0.6) is 0 Å². The molecular weight excluding hydrogens is 258 g/mol. The summed E-state index contributed by atoms with van der Waals surface area (Å²) in [5.74, 6) is -1.00. The number of carboxylic acids is 1. The molecule has 1 aromatic heterocycles. The number of carboxylic acid groups (broad SMARTS) is 1. The first-order valence-corrected chi connectivity index (χ1v) is 6.73. The van der Waals surface area contributed by atoms with E-state index in [1.54, 1.807) is 24.8 Å². The van der Waals surface area contributed by atoms with Crippen LogP contribution < -0.4 is 0 Å². The van der Waals surface area contributed by atoms with Crippen molar-refractivity contribution in [3.05, 3.63) is 23.0 Å². The van der Waals surface area contributed by atoms with Gasteiger partial charge in [-0.05, 0) is 32.8 Å². The predicted octanol–water partition coefficient (Wildman–Crippen LogP) is 1.28. The fourth-order valence-electron chi connectivity index (χ4n) is 2.44. The van der Waals surface area contributed by atoms with Crippen LogP contribution in [0.1, 0.15) is 42.0 Å².